The number of nitrogens with one attached hydrogen (secondary N) is 1. The fourth-order valence-corrected chi connectivity index (χ4v) is 2.69. The third-order valence-electron chi connectivity index (χ3n) is 3.49. The lowest BCUT2D eigenvalue weighted by atomic mass is 10.1. The number of fused-ring (bicyclic) bond motifs is 1. The van der Waals surface area contributed by atoms with Gasteiger partial charge >= 0.3 is 5.97 Å². The second-order valence-electron chi connectivity index (χ2n) is 5.14. The molecule has 0 aliphatic carbocycles. The lowest BCUT2D eigenvalue weighted by Gasteiger charge is -2.14. The van der Waals surface area contributed by atoms with E-state index < -0.39 is 5.97 Å². The van der Waals surface area contributed by atoms with Crippen LogP contribution in [-0.2, 0) is 0 Å². The van der Waals surface area contributed by atoms with Crippen molar-refractivity contribution in [1.82, 2.24) is 4.98 Å². The van der Waals surface area contributed by atoms with Crippen molar-refractivity contribution in [2.75, 3.05) is 5.32 Å². The van der Waals surface area contributed by atoms with Crippen LogP contribution < -0.4 is 5.32 Å². The van der Waals surface area contributed by atoms with Crippen molar-refractivity contribution in [2.45, 2.75) is 6.92 Å². The van der Waals surface area contributed by atoms with E-state index in [-0.39, 0.29) is 23.7 Å². The number of benzene rings is 2. The number of carbonyl (C=O) groups is 1. The number of pyridine rings is 1. The molecule has 0 amide bonds. The number of aromatic carboxylic acids is 1. The van der Waals surface area contributed by atoms with E-state index in [0.717, 1.165) is 5.56 Å². The van der Waals surface area contributed by atoms with Crippen molar-refractivity contribution >= 4 is 52.3 Å². The van der Waals surface area contributed by atoms with Gasteiger partial charge in [-0.2, -0.15) is 0 Å². The summed E-state index contributed by atoms with van der Waals surface area (Å²) >= 11 is 6.12. The molecule has 0 radical (unpaired) electrons. The molecule has 0 bridgehead atoms. The molecule has 0 aliphatic rings. The number of aromatic nitrogens is 1. The average Bonchev–Trinajstić information content (AvgIpc) is 2.49. The lowest BCUT2D eigenvalue weighted by molar-refractivity contribution is 0.0697. The number of rotatable bonds is 3. The molecule has 124 valence electrons. The van der Waals surface area contributed by atoms with Crippen molar-refractivity contribution in [2.24, 2.45) is 0 Å². The Bertz CT molecular complexity index is 912. The average molecular weight is 365 g/mol. The zero-order chi connectivity index (χ0) is 16.6. The molecule has 7 heteroatoms. The molecule has 0 saturated heterocycles. The minimum atomic E-state index is -1.08. The first-order valence-electron chi connectivity index (χ1n) is 6.84. The van der Waals surface area contributed by atoms with Crippen LogP contribution in [0.5, 0.6) is 5.75 Å². The van der Waals surface area contributed by atoms with Gasteiger partial charge in [0.15, 0.2) is 0 Å². The van der Waals surface area contributed by atoms with Crippen LogP contribution in [0.3, 0.4) is 0 Å². The van der Waals surface area contributed by atoms with Crippen molar-refractivity contribution < 1.29 is 15.0 Å². The van der Waals surface area contributed by atoms with E-state index >= 15 is 0 Å². The maximum Gasteiger partial charge on any atom is 0.339 e. The fourth-order valence-electron chi connectivity index (χ4n) is 2.42. The second kappa shape index (κ2) is 6.95. The van der Waals surface area contributed by atoms with Gasteiger partial charge in [-0.05, 0) is 48.9 Å². The van der Waals surface area contributed by atoms with Crippen LogP contribution >= 0.6 is 24.0 Å². The van der Waals surface area contributed by atoms with Gasteiger partial charge in [0.25, 0.3) is 0 Å². The van der Waals surface area contributed by atoms with Gasteiger partial charge < -0.3 is 15.5 Å². The van der Waals surface area contributed by atoms with Crippen molar-refractivity contribution in [3.63, 3.8) is 0 Å². The molecule has 0 saturated carbocycles. The summed E-state index contributed by atoms with van der Waals surface area (Å²) in [6, 6.07) is 9.82. The first-order valence-corrected chi connectivity index (χ1v) is 7.21. The zero-order valence-corrected chi connectivity index (χ0v) is 14.1. The van der Waals surface area contributed by atoms with Crippen LogP contribution in [0.2, 0.25) is 5.02 Å². The number of phenolic OH excluding ortho intramolecular Hbond substituents is 1. The smallest absolute Gasteiger partial charge is 0.339 e. The van der Waals surface area contributed by atoms with E-state index in [0.29, 0.717) is 27.3 Å². The number of nitrogens with zero attached hydrogens (tertiary/aromatic N) is 1. The summed E-state index contributed by atoms with van der Waals surface area (Å²) in [5, 5.41) is 23.0. The van der Waals surface area contributed by atoms with E-state index in [2.05, 4.69) is 10.3 Å². The summed E-state index contributed by atoms with van der Waals surface area (Å²) in [5.74, 6) is -0.953. The number of phenols is 1. The van der Waals surface area contributed by atoms with Gasteiger partial charge in [0.05, 0.1) is 11.2 Å². The Morgan fingerprint density at radius 2 is 1.88 bits per heavy atom. The molecule has 3 aromatic rings. The van der Waals surface area contributed by atoms with Crippen molar-refractivity contribution in [3.8, 4) is 5.75 Å². The summed E-state index contributed by atoms with van der Waals surface area (Å²) in [6.07, 6.45) is 1.33. The molecule has 1 heterocycles. The third kappa shape index (κ3) is 3.37. The topological polar surface area (TPSA) is 82.5 Å². The molecule has 0 spiro atoms. The van der Waals surface area contributed by atoms with Gasteiger partial charge in [0.2, 0.25) is 0 Å². The molecule has 24 heavy (non-hydrogen) atoms. The third-order valence-corrected chi connectivity index (χ3v) is 3.71. The van der Waals surface area contributed by atoms with E-state index in [9.17, 15) is 15.0 Å². The van der Waals surface area contributed by atoms with Crippen LogP contribution in [0.4, 0.5) is 11.4 Å². The van der Waals surface area contributed by atoms with Crippen LogP contribution in [0.15, 0.2) is 42.6 Å². The Balaban J connectivity index is 0.00000208. The summed E-state index contributed by atoms with van der Waals surface area (Å²) in [7, 11) is 0. The monoisotopic (exact) mass is 364 g/mol. The van der Waals surface area contributed by atoms with Crippen LogP contribution in [0.1, 0.15) is 15.9 Å². The van der Waals surface area contributed by atoms with Gasteiger partial charge in [-0.3, -0.25) is 4.98 Å². The SMILES string of the molecule is Cc1cc(Cl)cc2c(Nc3ccc(O)cc3)c(C(=O)O)cnc12.Cl. The number of aryl methyl sites for hydroxylation is 1. The number of carboxylic acids is 1. The first kappa shape index (κ1) is 17.8. The minimum Gasteiger partial charge on any atom is -0.508 e. The Hall–Kier alpha value is -2.50. The molecule has 2 aromatic carbocycles. The van der Waals surface area contributed by atoms with E-state index in [4.69, 9.17) is 11.6 Å². The molecule has 3 N–H and O–H groups in total. The van der Waals surface area contributed by atoms with Crippen LogP contribution in [-0.4, -0.2) is 21.2 Å². The summed E-state index contributed by atoms with van der Waals surface area (Å²) < 4.78 is 0. The Morgan fingerprint density at radius 1 is 1.21 bits per heavy atom. The predicted molar refractivity (Wildman–Crippen MR) is 97.1 cm³/mol. The highest BCUT2D eigenvalue weighted by atomic mass is 35.5. The van der Waals surface area contributed by atoms with Crippen molar-refractivity contribution in [1.29, 1.82) is 0 Å². The summed E-state index contributed by atoms with van der Waals surface area (Å²) in [5.41, 5.74) is 2.65. The van der Waals surface area contributed by atoms with Crippen LogP contribution in [0.25, 0.3) is 10.9 Å². The quantitative estimate of drug-likeness (QED) is 0.583. The maximum absolute atomic E-state index is 11.5. The highest BCUT2D eigenvalue weighted by Gasteiger charge is 2.16. The Labute approximate surface area is 149 Å². The van der Waals surface area contributed by atoms with Gasteiger partial charge in [-0.1, -0.05) is 11.6 Å². The fraction of sp³-hybridized carbons (Fsp3) is 0.0588. The Morgan fingerprint density at radius 3 is 2.50 bits per heavy atom. The number of hydrogen-bond donors (Lipinski definition) is 3. The molecule has 0 atom stereocenters. The second-order valence-corrected chi connectivity index (χ2v) is 5.58. The molecule has 3 rings (SSSR count). The molecule has 5 nitrogen and oxygen atoms in total. The molecular weight excluding hydrogens is 351 g/mol. The number of hydrogen-bond acceptors (Lipinski definition) is 4. The van der Waals surface area contributed by atoms with Gasteiger partial charge in [-0.25, -0.2) is 4.79 Å². The van der Waals surface area contributed by atoms with Gasteiger partial charge in [0, 0.05) is 22.3 Å². The largest absolute Gasteiger partial charge is 0.508 e. The molecular formula is C17H14Cl2N2O3. The number of halogens is 2. The molecule has 0 fully saturated rings. The predicted octanol–water partition coefficient (Wildman–Crippen LogP) is 4.77. The highest BCUT2D eigenvalue weighted by molar-refractivity contribution is 6.31. The van der Waals surface area contributed by atoms with Gasteiger partial charge in [-0.15, -0.1) is 12.4 Å². The molecule has 1 aromatic heterocycles. The summed E-state index contributed by atoms with van der Waals surface area (Å²) in [4.78, 5) is 15.8. The van der Waals surface area contributed by atoms with Crippen molar-refractivity contribution in [3.05, 3.63) is 58.7 Å². The van der Waals surface area contributed by atoms with E-state index in [1.807, 2.05) is 6.92 Å². The highest BCUT2D eigenvalue weighted by Crippen LogP contribution is 2.33. The minimum absolute atomic E-state index is 0. The van der Waals surface area contributed by atoms with E-state index in [1.54, 1.807) is 24.3 Å². The Kier molecular flexibility index (Phi) is 5.17. The molecule has 0 aliphatic heterocycles. The number of aromatic hydroxyl groups is 1. The zero-order valence-electron chi connectivity index (χ0n) is 12.6. The number of carboxylic acid groups (broad SMARTS) is 1. The first-order chi connectivity index (χ1) is 11.0. The van der Waals surface area contributed by atoms with Gasteiger partial charge in [0.1, 0.15) is 11.3 Å². The van der Waals surface area contributed by atoms with Crippen LogP contribution in [0, 0.1) is 6.92 Å². The maximum atomic E-state index is 11.5. The summed E-state index contributed by atoms with van der Waals surface area (Å²) in [6.45, 7) is 1.87. The lowest BCUT2D eigenvalue weighted by Crippen LogP contribution is -2.05. The number of anilines is 2. The normalized spacial score (nSPS) is 10.2. The molecule has 0 unspecified atom stereocenters. The van der Waals surface area contributed by atoms with E-state index in [1.165, 1.54) is 18.3 Å². The standard InChI is InChI=1S/C17H13ClN2O3.ClH/c1-9-6-10(18)7-13-15(9)19-8-14(17(22)23)16(13)20-11-2-4-12(21)5-3-11;/h2-8,21H,1H3,(H,19,20)(H,22,23);1H.